The molecule has 280 valence electrons. The number of carbonyl (C=O) groups is 1. The van der Waals surface area contributed by atoms with E-state index in [1.807, 2.05) is 121 Å². The van der Waals surface area contributed by atoms with Gasteiger partial charge < -0.3 is 28.4 Å². The summed E-state index contributed by atoms with van der Waals surface area (Å²) < 4.78 is 38.1. The van der Waals surface area contributed by atoms with Crippen LogP contribution < -0.4 is 0 Å². The Hall–Kier alpha value is -5.04. The molecule has 0 amide bonds. The average molecular weight is 750 g/mol. The molecule has 1 heterocycles. The minimum Gasteiger partial charge on any atom is -0.434 e. The summed E-state index contributed by atoms with van der Waals surface area (Å²) >= 11 is 1.49. The molecule has 1 fully saturated rings. The standard InChI is InChI=1S/C43H43NO9S/c1-31(36-24-14-15-25-37(36)44(46)47)26-51-43(45)52-30-38-39(48-27-32-16-6-2-7-17-32)40(49-28-33-18-8-3-9-19-33)41(50-29-34-20-10-4-11-21-34)42(53-38)54-35-22-12-5-13-23-35/h2-25,31,38-42H,26-30H2,1H3/t31?,38-,39+,40+,41-,42+/m1/s1. The third kappa shape index (κ3) is 11.0. The maximum absolute atomic E-state index is 13.1. The van der Waals surface area contributed by atoms with E-state index in [1.165, 1.54) is 17.8 Å². The van der Waals surface area contributed by atoms with Crippen molar-refractivity contribution in [2.45, 2.75) is 67.4 Å². The smallest absolute Gasteiger partial charge is 0.434 e. The summed E-state index contributed by atoms with van der Waals surface area (Å²) in [6.45, 7) is 2.26. The van der Waals surface area contributed by atoms with Crippen molar-refractivity contribution in [2.24, 2.45) is 0 Å². The van der Waals surface area contributed by atoms with Crippen LogP contribution in [-0.4, -0.2) is 54.1 Å². The van der Waals surface area contributed by atoms with Gasteiger partial charge in [-0.2, -0.15) is 0 Å². The van der Waals surface area contributed by atoms with Crippen molar-refractivity contribution >= 4 is 23.6 Å². The Kier molecular flexibility index (Phi) is 14.2. The summed E-state index contributed by atoms with van der Waals surface area (Å²) in [7, 11) is 0. The molecule has 54 heavy (non-hydrogen) atoms. The molecule has 11 heteroatoms. The molecule has 0 N–H and O–H groups in total. The van der Waals surface area contributed by atoms with E-state index >= 15 is 0 Å². The molecule has 0 aliphatic carbocycles. The molecule has 0 aromatic heterocycles. The first-order chi connectivity index (χ1) is 26.4. The lowest BCUT2D eigenvalue weighted by Gasteiger charge is -2.45. The number of nitro groups is 1. The van der Waals surface area contributed by atoms with Crippen LogP contribution in [0.25, 0.3) is 0 Å². The Morgan fingerprint density at radius 2 is 1.15 bits per heavy atom. The molecule has 6 atom stereocenters. The second-order valence-electron chi connectivity index (χ2n) is 12.8. The number of para-hydroxylation sites is 1. The Bertz CT molecular complexity index is 1890. The molecule has 0 saturated carbocycles. The van der Waals surface area contributed by atoms with Crippen LogP contribution in [0.1, 0.15) is 35.1 Å². The lowest BCUT2D eigenvalue weighted by atomic mass is 9.99. The number of nitrogens with zero attached hydrogens (tertiary/aromatic N) is 1. The zero-order valence-corrected chi connectivity index (χ0v) is 30.7. The highest BCUT2D eigenvalue weighted by atomic mass is 32.2. The first kappa shape index (κ1) is 38.7. The summed E-state index contributed by atoms with van der Waals surface area (Å²) in [5.41, 5.74) is 2.75. The van der Waals surface area contributed by atoms with Crippen molar-refractivity contribution in [1.82, 2.24) is 0 Å². The summed E-state index contributed by atoms with van der Waals surface area (Å²) in [4.78, 5) is 25.2. The van der Waals surface area contributed by atoms with E-state index in [1.54, 1.807) is 25.1 Å². The number of benzene rings is 5. The second-order valence-corrected chi connectivity index (χ2v) is 14.0. The molecule has 6 rings (SSSR count). The van der Waals surface area contributed by atoms with Gasteiger partial charge in [0.25, 0.3) is 5.69 Å². The second kappa shape index (κ2) is 19.9. The number of rotatable bonds is 17. The Labute approximate surface area is 319 Å². The minimum absolute atomic E-state index is 0.0384. The molecule has 5 aromatic rings. The zero-order chi connectivity index (χ0) is 37.5. The molecule has 0 spiro atoms. The number of carbonyl (C=O) groups excluding carboxylic acids is 1. The van der Waals surface area contributed by atoms with Crippen molar-refractivity contribution < 1.29 is 38.1 Å². The summed E-state index contributed by atoms with van der Waals surface area (Å²) in [5.74, 6) is -0.447. The van der Waals surface area contributed by atoms with E-state index in [-0.39, 0.29) is 32.1 Å². The third-order valence-electron chi connectivity index (χ3n) is 8.92. The zero-order valence-electron chi connectivity index (χ0n) is 29.9. The molecule has 10 nitrogen and oxygen atoms in total. The molecule has 1 saturated heterocycles. The summed E-state index contributed by atoms with van der Waals surface area (Å²) in [6, 6.07) is 45.8. The van der Waals surface area contributed by atoms with Crippen molar-refractivity contribution in [1.29, 1.82) is 0 Å². The van der Waals surface area contributed by atoms with Crippen LogP contribution in [0.3, 0.4) is 0 Å². The van der Waals surface area contributed by atoms with Gasteiger partial charge in [-0.25, -0.2) is 4.79 Å². The number of ether oxygens (including phenoxy) is 6. The van der Waals surface area contributed by atoms with E-state index < -0.39 is 46.8 Å². The van der Waals surface area contributed by atoms with E-state index in [0.29, 0.717) is 12.2 Å². The lowest BCUT2D eigenvalue weighted by Crippen LogP contribution is -2.60. The number of thioether (sulfide) groups is 1. The SMILES string of the molecule is CC(COC(=O)OC[C@H]1O[C@@H](Sc2ccccc2)[C@H](OCc2ccccc2)[C@@H](OCc2ccccc2)[C@H]1OCc1ccccc1)c1ccccc1[N+](=O)[O-]. The van der Waals surface area contributed by atoms with Crippen LogP contribution in [0.2, 0.25) is 0 Å². The van der Waals surface area contributed by atoms with Crippen LogP contribution in [-0.2, 0) is 48.2 Å². The lowest BCUT2D eigenvalue weighted by molar-refractivity contribution is -0.385. The van der Waals surface area contributed by atoms with Crippen LogP contribution in [0.15, 0.2) is 150 Å². The Morgan fingerprint density at radius 1 is 0.667 bits per heavy atom. The van der Waals surface area contributed by atoms with Gasteiger partial charge in [0.2, 0.25) is 0 Å². The molecular formula is C43H43NO9S. The van der Waals surface area contributed by atoms with Crippen molar-refractivity contribution in [3.63, 3.8) is 0 Å². The van der Waals surface area contributed by atoms with Crippen LogP contribution in [0.5, 0.6) is 0 Å². The van der Waals surface area contributed by atoms with Gasteiger partial charge in [0.1, 0.15) is 43.1 Å². The van der Waals surface area contributed by atoms with Gasteiger partial charge in [0.15, 0.2) is 0 Å². The van der Waals surface area contributed by atoms with Crippen molar-refractivity contribution in [3.05, 3.63) is 178 Å². The quantitative estimate of drug-likeness (QED) is 0.0518. The highest BCUT2D eigenvalue weighted by Gasteiger charge is 2.49. The van der Waals surface area contributed by atoms with Gasteiger partial charge >= 0.3 is 6.16 Å². The van der Waals surface area contributed by atoms with Gasteiger partial charge in [-0.3, -0.25) is 10.1 Å². The Morgan fingerprint density at radius 3 is 1.70 bits per heavy atom. The van der Waals surface area contributed by atoms with Gasteiger partial charge in [-0.15, -0.1) is 0 Å². The van der Waals surface area contributed by atoms with Crippen LogP contribution >= 0.6 is 11.8 Å². The van der Waals surface area contributed by atoms with E-state index in [9.17, 15) is 14.9 Å². The normalized spacial score (nSPS) is 20.1. The molecule has 1 unspecified atom stereocenters. The first-order valence-corrected chi connectivity index (χ1v) is 18.7. The molecule has 1 aliphatic heterocycles. The number of nitro benzene ring substituents is 1. The highest BCUT2D eigenvalue weighted by Crippen LogP contribution is 2.38. The molecule has 0 bridgehead atoms. The molecule has 0 radical (unpaired) electrons. The van der Waals surface area contributed by atoms with Crippen LogP contribution in [0.4, 0.5) is 10.5 Å². The van der Waals surface area contributed by atoms with Gasteiger partial charge in [0, 0.05) is 22.4 Å². The minimum atomic E-state index is -0.928. The van der Waals surface area contributed by atoms with E-state index in [2.05, 4.69) is 0 Å². The largest absolute Gasteiger partial charge is 0.508 e. The van der Waals surface area contributed by atoms with E-state index in [4.69, 9.17) is 28.4 Å². The average Bonchev–Trinajstić information content (AvgIpc) is 3.21. The number of hydrogen-bond acceptors (Lipinski definition) is 10. The van der Waals surface area contributed by atoms with Crippen LogP contribution in [0, 0.1) is 10.1 Å². The summed E-state index contributed by atoms with van der Waals surface area (Å²) in [5, 5.41) is 11.6. The fraction of sp³-hybridized carbons (Fsp3) is 0.279. The third-order valence-corrected chi connectivity index (χ3v) is 10.1. The highest BCUT2D eigenvalue weighted by molar-refractivity contribution is 7.99. The summed E-state index contributed by atoms with van der Waals surface area (Å²) in [6.07, 6.45) is -3.71. The molecule has 1 aliphatic rings. The predicted octanol–water partition coefficient (Wildman–Crippen LogP) is 9.12. The maximum atomic E-state index is 13.1. The van der Waals surface area contributed by atoms with Gasteiger partial charge in [0.05, 0.1) is 24.7 Å². The monoisotopic (exact) mass is 749 g/mol. The van der Waals surface area contributed by atoms with Gasteiger partial charge in [-0.05, 0) is 28.8 Å². The number of hydrogen-bond donors (Lipinski definition) is 0. The Balaban J connectivity index is 1.26. The fourth-order valence-corrected chi connectivity index (χ4v) is 7.30. The van der Waals surface area contributed by atoms with Crippen molar-refractivity contribution in [3.8, 4) is 0 Å². The molecular weight excluding hydrogens is 707 g/mol. The topological polar surface area (TPSA) is 116 Å². The van der Waals surface area contributed by atoms with Gasteiger partial charge in [-0.1, -0.05) is 146 Å². The molecule has 5 aromatic carbocycles. The predicted molar refractivity (Wildman–Crippen MR) is 205 cm³/mol. The fourth-order valence-electron chi connectivity index (χ4n) is 6.15. The van der Waals surface area contributed by atoms with E-state index in [0.717, 1.165) is 21.6 Å². The van der Waals surface area contributed by atoms with Crippen molar-refractivity contribution in [2.75, 3.05) is 13.2 Å². The maximum Gasteiger partial charge on any atom is 0.508 e. The first-order valence-electron chi connectivity index (χ1n) is 17.8.